The first kappa shape index (κ1) is 12.0. The third kappa shape index (κ3) is 3.52. The second-order valence-electron chi connectivity index (χ2n) is 4.14. The van der Waals surface area contributed by atoms with Gasteiger partial charge < -0.3 is 15.8 Å². The molecule has 3 N–H and O–H groups in total. The van der Waals surface area contributed by atoms with Gasteiger partial charge in [0.25, 0.3) is 0 Å². The van der Waals surface area contributed by atoms with E-state index in [0.717, 1.165) is 18.5 Å². The molecule has 0 saturated heterocycles. The summed E-state index contributed by atoms with van der Waals surface area (Å²) < 4.78 is 39.5. The minimum atomic E-state index is -4.64. The zero-order chi connectivity index (χ0) is 12.5. The molecule has 0 spiro atoms. The number of hydrogen-bond donors (Lipinski definition) is 2. The highest BCUT2D eigenvalue weighted by Crippen LogP contribution is 2.26. The average Bonchev–Trinajstić information content (AvgIpc) is 2.16. The van der Waals surface area contributed by atoms with Gasteiger partial charge in [-0.3, -0.25) is 0 Å². The van der Waals surface area contributed by atoms with Crippen LogP contribution in [-0.4, -0.2) is 18.4 Å². The van der Waals surface area contributed by atoms with Gasteiger partial charge in [0.05, 0.1) is 0 Å². The Morgan fingerprint density at radius 2 is 1.76 bits per heavy atom. The Hall–Kier alpha value is -1.43. The molecule has 1 saturated carbocycles. The summed E-state index contributed by atoms with van der Waals surface area (Å²) in [5, 5.41) is 3.18. The van der Waals surface area contributed by atoms with E-state index in [-0.39, 0.29) is 11.8 Å². The molecule has 0 bridgehead atoms. The van der Waals surface area contributed by atoms with Crippen molar-refractivity contribution in [3.8, 4) is 5.75 Å². The molecule has 0 aromatic heterocycles. The first-order valence-corrected chi connectivity index (χ1v) is 5.30. The third-order valence-corrected chi connectivity index (χ3v) is 2.63. The number of hydrogen-bond acceptors (Lipinski definition) is 3. The molecule has 1 aliphatic rings. The summed E-state index contributed by atoms with van der Waals surface area (Å²) in [5.41, 5.74) is 6.41. The number of rotatable bonds is 3. The van der Waals surface area contributed by atoms with Crippen molar-refractivity contribution in [1.82, 2.24) is 0 Å². The van der Waals surface area contributed by atoms with E-state index in [2.05, 4.69) is 10.1 Å². The summed E-state index contributed by atoms with van der Waals surface area (Å²) in [7, 11) is 0. The van der Waals surface area contributed by atoms with Gasteiger partial charge in [-0.05, 0) is 37.1 Å². The first-order chi connectivity index (χ1) is 7.92. The van der Waals surface area contributed by atoms with Crippen LogP contribution in [0.1, 0.15) is 12.8 Å². The van der Waals surface area contributed by atoms with Gasteiger partial charge in [0, 0.05) is 17.8 Å². The molecule has 1 aromatic carbocycles. The molecule has 0 radical (unpaired) electrons. The van der Waals surface area contributed by atoms with Crippen LogP contribution in [0.25, 0.3) is 0 Å². The summed E-state index contributed by atoms with van der Waals surface area (Å²) in [5.74, 6) is -0.214. The number of benzene rings is 1. The Labute approximate surface area is 96.8 Å². The van der Waals surface area contributed by atoms with E-state index in [0.29, 0.717) is 6.04 Å². The zero-order valence-electron chi connectivity index (χ0n) is 9.00. The van der Waals surface area contributed by atoms with Crippen molar-refractivity contribution in [3.05, 3.63) is 24.3 Å². The Morgan fingerprint density at radius 1 is 1.18 bits per heavy atom. The molecular weight excluding hydrogens is 233 g/mol. The van der Waals surface area contributed by atoms with Gasteiger partial charge in [0.15, 0.2) is 0 Å². The van der Waals surface area contributed by atoms with Gasteiger partial charge in [0.1, 0.15) is 5.75 Å². The molecule has 0 atom stereocenters. The minimum Gasteiger partial charge on any atom is -0.406 e. The van der Waals surface area contributed by atoms with Crippen LogP contribution in [-0.2, 0) is 0 Å². The van der Waals surface area contributed by atoms with Gasteiger partial charge >= 0.3 is 6.36 Å². The fraction of sp³-hybridized carbons (Fsp3) is 0.455. The number of nitrogens with one attached hydrogen (secondary N) is 1. The lowest BCUT2D eigenvalue weighted by atomic mass is 9.87. The van der Waals surface area contributed by atoms with Gasteiger partial charge in [0.2, 0.25) is 0 Å². The van der Waals surface area contributed by atoms with Crippen LogP contribution >= 0.6 is 0 Å². The van der Waals surface area contributed by atoms with E-state index in [4.69, 9.17) is 5.73 Å². The fourth-order valence-corrected chi connectivity index (χ4v) is 1.77. The monoisotopic (exact) mass is 246 g/mol. The molecule has 0 amide bonds. The highest BCUT2D eigenvalue weighted by atomic mass is 19.4. The molecule has 3 nitrogen and oxygen atoms in total. The summed E-state index contributed by atoms with van der Waals surface area (Å²) in [6.07, 6.45) is -2.86. The molecule has 6 heteroatoms. The maximum absolute atomic E-state index is 11.9. The van der Waals surface area contributed by atoms with Crippen LogP contribution in [0.4, 0.5) is 18.9 Å². The molecule has 0 aliphatic heterocycles. The van der Waals surface area contributed by atoms with Crippen LogP contribution in [0, 0.1) is 0 Å². The Balaban J connectivity index is 1.89. The van der Waals surface area contributed by atoms with E-state index >= 15 is 0 Å². The highest BCUT2D eigenvalue weighted by molar-refractivity contribution is 5.47. The van der Waals surface area contributed by atoms with Crippen molar-refractivity contribution < 1.29 is 17.9 Å². The SMILES string of the molecule is NC1CC(Nc2ccc(OC(F)(F)F)cc2)C1. The maximum atomic E-state index is 11.9. The van der Waals surface area contributed by atoms with E-state index in [9.17, 15) is 13.2 Å². The summed E-state index contributed by atoms with van der Waals surface area (Å²) in [6, 6.07) is 6.25. The molecule has 0 heterocycles. The molecule has 2 rings (SSSR count). The predicted octanol–water partition coefficient (Wildman–Crippen LogP) is 2.49. The van der Waals surface area contributed by atoms with E-state index in [1.807, 2.05) is 0 Å². The van der Waals surface area contributed by atoms with Gasteiger partial charge in [-0.25, -0.2) is 0 Å². The Morgan fingerprint density at radius 3 is 2.24 bits per heavy atom. The maximum Gasteiger partial charge on any atom is 0.573 e. The molecule has 0 unspecified atom stereocenters. The van der Waals surface area contributed by atoms with E-state index < -0.39 is 6.36 Å². The van der Waals surface area contributed by atoms with Gasteiger partial charge in [-0.2, -0.15) is 0 Å². The van der Waals surface area contributed by atoms with Crippen molar-refractivity contribution in [2.45, 2.75) is 31.3 Å². The van der Waals surface area contributed by atoms with Crippen molar-refractivity contribution in [1.29, 1.82) is 0 Å². The minimum absolute atomic E-state index is 0.214. The molecule has 1 aliphatic carbocycles. The number of nitrogens with two attached hydrogens (primary N) is 1. The van der Waals surface area contributed by atoms with E-state index in [1.165, 1.54) is 12.1 Å². The molecule has 94 valence electrons. The van der Waals surface area contributed by atoms with Crippen LogP contribution in [0.2, 0.25) is 0 Å². The van der Waals surface area contributed by atoms with Crippen molar-refractivity contribution in [2.75, 3.05) is 5.32 Å². The highest BCUT2D eigenvalue weighted by Gasteiger charge is 2.31. The largest absolute Gasteiger partial charge is 0.573 e. The van der Waals surface area contributed by atoms with Crippen molar-refractivity contribution in [3.63, 3.8) is 0 Å². The van der Waals surface area contributed by atoms with Crippen LogP contribution in [0.3, 0.4) is 0 Å². The predicted molar refractivity (Wildman–Crippen MR) is 57.7 cm³/mol. The average molecular weight is 246 g/mol. The standard InChI is InChI=1S/C11H13F3N2O/c12-11(13,14)17-10-3-1-8(2-4-10)16-9-5-7(15)6-9/h1-4,7,9,16H,5-6,15H2. The summed E-state index contributed by atoms with van der Waals surface area (Å²) >= 11 is 0. The Bertz CT molecular complexity index is 371. The lowest BCUT2D eigenvalue weighted by molar-refractivity contribution is -0.274. The van der Waals surface area contributed by atoms with Gasteiger partial charge in [-0.1, -0.05) is 0 Å². The number of alkyl halides is 3. The first-order valence-electron chi connectivity index (χ1n) is 5.30. The number of anilines is 1. The lowest BCUT2D eigenvalue weighted by Crippen LogP contribution is -2.44. The normalized spacial score (nSPS) is 24.0. The third-order valence-electron chi connectivity index (χ3n) is 2.63. The molecule has 1 fully saturated rings. The van der Waals surface area contributed by atoms with Crippen LogP contribution in [0.15, 0.2) is 24.3 Å². The molecule has 1 aromatic rings. The zero-order valence-corrected chi connectivity index (χ0v) is 9.00. The topological polar surface area (TPSA) is 47.3 Å². The summed E-state index contributed by atoms with van der Waals surface area (Å²) in [6.45, 7) is 0. The molecule has 17 heavy (non-hydrogen) atoms. The summed E-state index contributed by atoms with van der Waals surface area (Å²) in [4.78, 5) is 0. The Kier molecular flexibility index (Phi) is 3.15. The van der Waals surface area contributed by atoms with E-state index in [1.54, 1.807) is 12.1 Å². The van der Waals surface area contributed by atoms with Crippen molar-refractivity contribution >= 4 is 5.69 Å². The molecular formula is C11H13F3N2O. The fourth-order valence-electron chi connectivity index (χ4n) is 1.77. The van der Waals surface area contributed by atoms with Gasteiger partial charge in [-0.15, -0.1) is 13.2 Å². The van der Waals surface area contributed by atoms with Crippen molar-refractivity contribution in [2.24, 2.45) is 5.73 Å². The number of halogens is 3. The number of ether oxygens (including phenoxy) is 1. The lowest BCUT2D eigenvalue weighted by Gasteiger charge is -2.33. The smallest absolute Gasteiger partial charge is 0.406 e. The van der Waals surface area contributed by atoms with Crippen LogP contribution in [0.5, 0.6) is 5.75 Å². The second kappa shape index (κ2) is 4.44. The van der Waals surface area contributed by atoms with Crippen LogP contribution < -0.4 is 15.8 Å². The quantitative estimate of drug-likeness (QED) is 0.861. The second-order valence-corrected chi connectivity index (χ2v) is 4.14.